The minimum atomic E-state index is 0.643. The van der Waals surface area contributed by atoms with Gasteiger partial charge in [0.25, 0.3) is 0 Å². The molecular weight excluding hydrogens is 184 g/mol. The van der Waals surface area contributed by atoms with Crippen molar-refractivity contribution in [1.29, 1.82) is 0 Å². The Morgan fingerprint density at radius 2 is 2.20 bits per heavy atom. The molecule has 3 aliphatic rings. The standard InChI is InChI=1S/C14H22O/c1-2-3-8-14-9-11(14)10-15-13-7-5-4-6-12(13)14/h11H,2-10H2,1H3/t11-,14-/m1/s1. The van der Waals surface area contributed by atoms with Gasteiger partial charge in [-0.05, 0) is 37.7 Å². The SMILES string of the molecule is CCCC[C@@]12C[C@@H]1COC1=C2CCCC1. The Labute approximate surface area is 92.9 Å². The number of rotatable bonds is 3. The predicted octanol–water partition coefficient (Wildman–Crippen LogP) is 4.04. The molecule has 1 fully saturated rings. The van der Waals surface area contributed by atoms with Gasteiger partial charge in [0.05, 0.1) is 12.4 Å². The highest BCUT2D eigenvalue weighted by atomic mass is 16.5. The molecule has 0 amide bonds. The monoisotopic (exact) mass is 206 g/mol. The summed E-state index contributed by atoms with van der Waals surface area (Å²) in [6.45, 7) is 3.34. The van der Waals surface area contributed by atoms with E-state index in [4.69, 9.17) is 4.74 Å². The van der Waals surface area contributed by atoms with Gasteiger partial charge in [-0.1, -0.05) is 19.8 Å². The second-order valence-corrected chi connectivity index (χ2v) is 5.58. The van der Waals surface area contributed by atoms with Crippen LogP contribution in [-0.2, 0) is 4.74 Å². The molecule has 1 heterocycles. The van der Waals surface area contributed by atoms with Crippen LogP contribution in [0, 0.1) is 11.3 Å². The molecular formula is C14H22O. The molecule has 0 aromatic carbocycles. The number of fused-ring (bicyclic) bond motifs is 2. The lowest BCUT2D eigenvalue weighted by Gasteiger charge is -2.32. The first-order chi connectivity index (χ1) is 7.37. The van der Waals surface area contributed by atoms with Crippen LogP contribution in [-0.4, -0.2) is 6.61 Å². The van der Waals surface area contributed by atoms with E-state index in [0.29, 0.717) is 5.41 Å². The summed E-state index contributed by atoms with van der Waals surface area (Å²) in [5.41, 5.74) is 2.39. The molecule has 2 aliphatic carbocycles. The van der Waals surface area contributed by atoms with Gasteiger partial charge in [-0.3, -0.25) is 0 Å². The maximum Gasteiger partial charge on any atom is 0.0957 e. The minimum Gasteiger partial charge on any atom is -0.498 e. The van der Waals surface area contributed by atoms with Crippen molar-refractivity contribution >= 4 is 0 Å². The largest absolute Gasteiger partial charge is 0.498 e. The predicted molar refractivity (Wildman–Crippen MR) is 61.5 cm³/mol. The van der Waals surface area contributed by atoms with Crippen molar-refractivity contribution in [2.45, 2.75) is 58.3 Å². The molecule has 0 radical (unpaired) electrons. The first-order valence-electron chi connectivity index (χ1n) is 6.72. The third kappa shape index (κ3) is 1.43. The Bertz CT molecular complexity index is 292. The second-order valence-electron chi connectivity index (χ2n) is 5.58. The van der Waals surface area contributed by atoms with Gasteiger partial charge in [0.1, 0.15) is 0 Å². The fraction of sp³-hybridized carbons (Fsp3) is 0.857. The fourth-order valence-corrected chi connectivity index (χ4v) is 3.68. The Kier molecular flexibility index (Phi) is 2.30. The topological polar surface area (TPSA) is 9.23 Å². The first kappa shape index (κ1) is 9.74. The highest BCUT2D eigenvalue weighted by molar-refractivity contribution is 5.32. The van der Waals surface area contributed by atoms with Crippen LogP contribution in [0.15, 0.2) is 11.3 Å². The van der Waals surface area contributed by atoms with Crippen LogP contribution >= 0.6 is 0 Å². The van der Waals surface area contributed by atoms with Crippen LogP contribution in [0.3, 0.4) is 0 Å². The van der Waals surface area contributed by atoms with Gasteiger partial charge in [0, 0.05) is 17.8 Å². The van der Waals surface area contributed by atoms with Crippen molar-refractivity contribution in [2.75, 3.05) is 6.61 Å². The van der Waals surface area contributed by atoms with Crippen molar-refractivity contribution in [1.82, 2.24) is 0 Å². The number of hydrogen-bond donors (Lipinski definition) is 0. The third-order valence-corrected chi connectivity index (χ3v) is 4.69. The minimum absolute atomic E-state index is 0.643. The number of hydrogen-bond acceptors (Lipinski definition) is 1. The number of ether oxygens (including phenoxy) is 1. The first-order valence-corrected chi connectivity index (χ1v) is 6.72. The van der Waals surface area contributed by atoms with Crippen LogP contribution in [0.2, 0.25) is 0 Å². The van der Waals surface area contributed by atoms with Crippen molar-refractivity contribution < 1.29 is 4.74 Å². The maximum atomic E-state index is 5.92. The molecule has 15 heavy (non-hydrogen) atoms. The zero-order chi connectivity index (χ0) is 10.3. The lowest BCUT2D eigenvalue weighted by molar-refractivity contribution is 0.137. The van der Waals surface area contributed by atoms with Gasteiger partial charge in [-0.2, -0.15) is 0 Å². The van der Waals surface area contributed by atoms with Crippen LogP contribution in [0.1, 0.15) is 58.3 Å². The molecule has 0 aromatic heterocycles. The molecule has 0 bridgehead atoms. The van der Waals surface area contributed by atoms with E-state index in [9.17, 15) is 0 Å². The van der Waals surface area contributed by atoms with Crippen LogP contribution < -0.4 is 0 Å². The lowest BCUT2D eigenvalue weighted by atomic mass is 9.80. The van der Waals surface area contributed by atoms with Crippen molar-refractivity contribution in [2.24, 2.45) is 11.3 Å². The van der Waals surface area contributed by atoms with E-state index in [2.05, 4.69) is 6.92 Å². The van der Waals surface area contributed by atoms with E-state index >= 15 is 0 Å². The fourth-order valence-electron chi connectivity index (χ4n) is 3.68. The van der Waals surface area contributed by atoms with E-state index in [1.807, 2.05) is 0 Å². The Balaban J connectivity index is 1.83. The van der Waals surface area contributed by atoms with E-state index in [1.54, 1.807) is 5.57 Å². The van der Waals surface area contributed by atoms with Crippen LogP contribution in [0.4, 0.5) is 0 Å². The Hall–Kier alpha value is -0.460. The molecule has 1 saturated carbocycles. The molecule has 0 N–H and O–H groups in total. The average Bonchev–Trinajstić information content (AvgIpc) is 3.01. The summed E-state index contributed by atoms with van der Waals surface area (Å²) >= 11 is 0. The lowest BCUT2D eigenvalue weighted by Crippen LogP contribution is -2.22. The number of unbranched alkanes of at least 4 members (excludes halogenated alkanes) is 1. The molecule has 0 spiro atoms. The molecule has 0 unspecified atom stereocenters. The van der Waals surface area contributed by atoms with Crippen LogP contribution in [0.25, 0.3) is 0 Å². The number of allylic oxidation sites excluding steroid dienone is 2. The van der Waals surface area contributed by atoms with Crippen molar-refractivity contribution in [3.8, 4) is 0 Å². The molecule has 0 saturated heterocycles. The van der Waals surface area contributed by atoms with E-state index in [0.717, 1.165) is 12.5 Å². The van der Waals surface area contributed by atoms with E-state index in [-0.39, 0.29) is 0 Å². The van der Waals surface area contributed by atoms with E-state index in [1.165, 1.54) is 57.1 Å². The molecule has 1 nitrogen and oxygen atoms in total. The normalized spacial score (nSPS) is 38.1. The highest BCUT2D eigenvalue weighted by Crippen LogP contribution is 2.65. The zero-order valence-corrected chi connectivity index (χ0v) is 9.85. The maximum absolute atomic E-state index is 5.92. The molecule has 1 heteroatoms. The van der Waals surface area contributed by atoms with Gasteiger partial charge in [-0.25, -0.2) is 0 Å². The van der Waals surface area contributed by atoms with Gasteiger partial charge in [0.15, 0.2) is 0 Å². The van der Waals surface area contributed by atoms with Gasteiger partial charge in [0.2, 0.25) is 0 Å². The summed E-state index contributed by atoms with van der Waals surface area (Å²) < 4.78 is 5.92. The van der Waals surface area contributed by atoms with Gasteiger partial charge in [-0.15, -0.1) is 0 Å². The van der Waals surface area contributed by atoms with Crippen molar-refractivity contribution in [3.63, 3.8) is 0 Å². The quantitative estimate of drug-likeness (QED) is 0.677. The molecule has 1 aliphatic heterocycles. The Morgan fingerprint density at radius 3 is 3.07 bits per heavy atom. The van der Waals surface area contributed by atoms with Gasteiger partial charge >= 0.3 is 0 Å². The summed E-state index contributed by atoms with van der Waals surface area (Å²) in [7, 11) is 0. The van der Waals surface area contributed by atoms with Crippen molar-refractivity contribution in [3.05, 3.63) is 11.3 Å². The molecule has 3 rings (SSSR count). The molecule has 0 aromatic rings. The second kappa shape index (κ2) is 3.54. The smallest absolute Gasteiger partial charge is 0.0957 e. The Morgan fingerprint density at radius 1 is 1.33 bits per heavy atom. The summed E-state index contributed by atoms with van der Waals surface area (Å²) in [5, 5.41) is 0. The summed E-state index contributed by atoms with van der Waals surface area (Å²) in [6, 6.07) is 0. The molecule has 2 atom stereocenters. The summed E-state index contributed by atoms with van der Waals surface area (Å²) in [6.07, 6.45) is 11.0. The average molecular weight is 206 g/mol. The summed E-state index contributed by atoms with van der Waals surface area (Å²) in [4.78, 5) is 0. The summed E-state index contributed by atoms with van der Waals surface area (Å²) in [5.74, 6) is 2.30. The molecule has 84 valence electrons. The third-order valence-electron chi connectivity index (χ3n) is 4.69. The highest BCUT2D eigenvalue weighted by Gasteiger charge is 2.58. The van der Waals surface area contributed by atoms with E-state index < -0.39 is 0 Å². The van der Waals surface area contributed by atoms with Crippen LogP contribution in [0.5, 0.6) is 0 Å². The zero-order valence-electron chi connectivity index (χ0n) is 9.85. The van der Waals surface area contributed by atoms with Gasteiger partial charge < -0.3 is 4.74 Å².